The van der Waals surface area contributed by atoms with E-state index in [1.54, 1.807) is 0 Å². The van der Waals surface area contributed by atoms with Crippen LogP contribution in [0.3, 0.4) is 0 Å². The van der Waals surface area contributed by atoms with E-state index < -0.39 is 0 Å². The van der Waals surface area contributed by atoms with Gasteiger partial charge in [-0.15, -0.1) is 16.9 Å². The van der Waals surface area contributed by atoms with Crippen LogP contribution in [0.2, 0.25) is 0 Å². The summed E-state index contributed by atoms with van der Waals surface area (Å²) in [6.07, 6.45) is 0.922. The third-order valence-corrected chi connectivity index (χ3v) is 5.44. The predicted molar refractivity (Wildman–Crippen MR) is 104 cm³/mol. The van der Waals surface area contributed by atoms with Crippen molar-refractivity contribution in [2.24, 2.45) is 0 Å². The van der Waals surface area contributed by atoms with Crippen molar-refractivity contribution in [2.45, 2.75) is 17.5 Å². The van der Waals surface area contributed by atoms with Gasteiger partial charge in [0.15, 0.2) is 0 Å². The van der Waals surface area contributed by atoms with Crippen LogP contribution in [-0.2, 0) is 12.2 Å². The molecule has 0 saturated heterocycles. The molecule has 0 spiro atoms. The van der Waals surface area contributed by atoms with Gasteiger partial charge >= 0.3 is 0 Å². The minimum atomic E-state index is 0.204. The van der Waals surface area contributed by atoms with Gasteiger partial charge in [-0.25, -0.2) is 4.68 Å². The number of hydrogen-bond donors (Lipinski definition) is 0. The maximum atomic E-state index is 4.45. The summed E-state index contributed by atoms with van der Waals surface area (Å²) in [5, 5.41) is 8.99. The second-order valence-electron chi connectivity index (χ2n) is 5.96. The number of rotatable bonds is 6. The molecule has 0 saturated carbocycles. The van der Waals surface area contributed by atoms with Gasteiger partial charge in [0.2, 0.25) is 0 Å². The van der Waals surface area contributed by atoms with Crippen molar-refractivity contribution in [2.75, 3.05) is 0 Å². The Balaban J connectivity index is 1.63. The second kappa shape index (κ2) is 7.53. The maximum absolute atomic E-state index is 4.45. The fourth-order valence-electron chi connectivity index (χ4n) is 2.90. The third-order valence-electron chi connectivity index (χ3n) is 4.19. The first-order valence-corrected chi connectivity index (χ1v) is 9.44. The highest BCUT2D eigenvalue weighted by Crippen LogP contribution is 2.31. The summed E-state index contributed by atoms with van der Waals surface area (Å²) in [7, 11) is 0. The molecule has 1 unspecified atom stereocenters. The van der Waals surface area contributed by atoms with Crippen molar-refractivity contribution in [1.29, 1.82) is 0 Å². The minimum Gasteiger partial charge on any atom is -0.231 e. The predicted octanol–water partition coefficient (Wildman–Crippen LogP) is 5.11. The van der Waals surface area contributed by atoms with E-state index >= 15 is 0 Å². The lowest BCUT2D eigenvalue weighted by molar-refractivity contribution is 0.590. The topological polar surface area (TPSA) is 30.7 Å². The van der Waals surface area contributed by atoms with Gasteiger partial charge in [0.05, 0.1) is 5.52 Å². The summed E-state index contributed by atoms with van der Waals surface area (Å²) in [5.41, 5.74) is 4.67. The number of thioether (sulfide) groups is 1. The Morgan fingerprint density at radius 2 is 1.40 bits per heavy atom. The molecule has 124 valence electrons. The second-order valence-corrected chi connectivity index (χ2v) is 7.13. The van der Waals surface area contributed by atoms with Crippen LogP contribution in [0, 0.1) is 0 Å². The number of para-hydroxylation sites is 1. The summed E-state index contributed by atoms with van der Waals surface area (Å²) >= 11 is 1.90. The smallest absolute Gasteiger partial charge is 0.113 e. The van der Waals surface area contributed by atoms with Gasteiger partial charge in [0, 0.05) is 12.2 Å². The Bertz CT molecular complexity index is 935. The van der Waals surface area contributed by atoms with E-state index in [0.29, 0.717) is 0 Å². The molecule has 3 aromatic carbocycles. The van der Waals surface area contributed by atoms with E-state index in [2.05, 4.69) is 81.7 Å². The highest BCUT2D eigenvalue weighted by atomic mass is 32.2. The number of aromatic nitrogens is 3. The van der Waals surface area contributed by atoms with Crippen LogP contribution in [0.15, 0.2) is 84.9 Å². The minimum absolute atomic E-state index is 0.204. The van der Waals surface area contributed by atoms with Crippen LogP contribution in [0.1, 0.15) is 16.5 Å². The Morgan fingerprint density at radius 1 is 0.760 bits per heavy atom. The molecule has 0 amide bonds. The molecule has 4 aromatic rings. The van der Waals surface area contributed by atoms with E-state index in [0.717, 1.165) is 23.2 Å². The summed E-state index contributed by atoms with van der Waals surface area (Å²) in [4.78, 5) is 0. The van der Waals surface area contributed by atoms with Gasteiger partial charge in [-0.2, -0.15) is 0 Å². The van der Waals surface area contributed by atoms with E-state index in [1.165, 1.54) is 11.1 Å². The number of fused-ring (bicyclic) bond motifs is 1. The molecule has 3 nitrogen and oxygen atoms in total. The third kappa shape index (κ3) is 3.74. The summed E-state index contributed by atoms with van der Waals surface area (Å²) < 4.78 is 2.07. The molecular formula is C21H19N3S. The fraction of sp³-hybridized carbons (Fsp3) is 0.143. The maximum Gasteiger partial charge on any atom is 0.113 e. The van der Waals surface area contributed by atoms with E-state index in [4.69, 9.17) is 0 Å². The number of nitrogens with zero attached hydrogens (tertiary/aromatic N) is 3. The lowest BCUT2D eigenvalue weighted by atomic mass is 10.1. The molecule has 0 aliphatic carbocycles. The van der Waals surface area contributed by atoms with Crippen molar-refractivity contribution >= 4 is 22.8 Å². The van der Waals surface area contributed by atoms with Gasteiger partial charge in [-0.1, -0.05) is 78.0 Å². The molecule has 0 fully saturated rings. The van der Waals surface area contributed by atoms with Crippen molar-refractivity contribution < 1.29 is 0 Å². The zero-order chi connectivity index (χ0) is 16.9. The van der Waals surface area contributed by atoms with Gasteiger partial charge in [0.25, 0.3) is 0 Å². The Labute approximate surface area is 151 Å². The first kappa shape index (κ1) is 15.9. The van der Waals surface area contributed by atoms with Crippen LogP contribution >= 0.6 is 11.8 Å². The van der Waals surface area contributed by atoms with Crippen LogP contribution in [0.25, 0.3) is 11.0 Å². The Morgan fingerprint density at radius 3 is 2.16 bits per heavy atom. The van der Waals surface area contributed by atoms with Crippen LogP contribution in [0.4, 0.5) is 0 Å². The molecule has 25 heavy (non-hydrogen) atoms. The van der Waals surface area contributed by atoms with Crippen LogP contribution in [-0.4, -0.2) is 15.0 Å². The summed E-state index contributed by atoms with van der Waals surface area (Å²) in [5.74, 6) is 0.951. The molecular weight excluding hydrogens is 326 g/mol. The Kier molecular flexibility index (Phi) is 4.79. The normalized spacial score (nSPS) is 12.3. The Hall–Kier alpha value is -2.59. The molecule has 0 bridgehead atoms. The van der Waals surface area contributed by atoms with Crippen molar-refractivity contribution in [3.8, 4) is 0 Å². The first-order chi connectivity index (χ1) is 12.4. The molecule has 0 aliphatic rings. The van der Waals surface area contributed by atoms with E-state index in [1.807, 2.05) is 30.0 Å². The molecule has 0 N–H and O–H groups in total. The molecule has 4 rings (SSSR count). The SMILES string of the molecule is c1ccc(CSC(Cc2ccccc2)n2nnc3ccccc32)cc1. The summed E-state index contributed by atoms with van der Waals surface area (Å²) in [6.45, 7) is 0. The zero-order valence-corrected chi connectivity index (χ0v) is 14.6. The van der Waals surface area contributed by atoms with Gasteiger partial charge in [-0.05, 0) is 23.3 Å². The van der Waals surface area contributed by atoms with Crippen molar-refractivity contribution in [3.05, 3.63) is 96.1 Å². The molecule has 4 heteroatoms. The highest BCUT2D eigenvalue weighted by molar-refractivity contribution is 7.98. The quantitative estimate of drug-likeness (QED) is 0.487. The largest absolute Gasteiger partial charge is 0.231 e. The average Bonchev–Trinajstić information content (AvgIpc) is 3.11. The van der Waals surface area contributed by atoms with E-state index in [-0.39, 0.29) is 5.37 Å². The molecule has 1 heterocycles. The number of hydrogen-bond acceptors (Lipinski definition) is 3. The fourth-order valence-corrected chi connectivity index (χ4v) is 4.08. The first-order valence-electron chi connectivity index (χ1n) is 8.39. The zero-order valence-electron chi connectivity index (χ0n) is 13.8. The van der Waals surface area contributed by atoms with Crippen molar-refractivity contribution in [3.63, 3.8) is 0 Å². The lowest BCUT2D eigenvalue weighted by Crippen LogP contribution is -2.11. The van der Waals surface area contributed by atoms with E-state index in [9.17, 15) is 0 Å². The van der Waals surface area contributed by atoms with Crippen LogP contribution in [0.5, 0.6) is 0 Å². The molecule has 1 aromatic heterocycles. The molecule has 1 atom stereocenters. The van der Waals surface area contributed by atoms with Crippen molar-refractivity contribution in [1.82, 2.24) is 15.0 Å². The van der Waals surface area contributed by atoms with Gasteiger partial charge in [-0.3, -0.25) is 0 Å². The standard InChI is InChI=1S/C21H19N3S/c1-3-9-17(10-4-1)15-21(25-16-18-11-5-2-6-12-18)24-20-14-8-7-13-19(20)22-23-24/h1-14,21H,15-16H2. The lowest BCUT2D eigenvalue weighted by Gasteiger charge is -2.18. The number of benzene rings is 3. The van der Waals surface area contributed by atoms with Gasteiger partial charge in [0.1, 0.15) is 10.9 Å². The average molecular weight is 345 g/mol. The van der Waals surface area contributed by atoms with Crippen LogP contribution < -0.4 is 0 Å². The monoisotopic (exact) mass is 345 g/mol. The molecule has 0 radical (unpaired) electrons. The van der Waals surface area contributed by atoms with Gasteiger partial charge < -0.3 is 0 Å². The summed E-state index contributed by atoms with van der Waals surface area (Å²) in [6, 6.07) is 29.3. The molecule has 0 aliphatic heterocycles. The highest BCUT2D eigenvalue weighted by Gasteiger charge is 2.17.